The zero-order valence-electron chi connectivity index (χ0n) is 17.6. The molecular weight excluding hydrogens is 364 g/mol. The van der Waals surface area contributed by atoms with E-state index in [9.17, 15) is 9.59 Å². The minimum atomic E-state index is -0.268. The van der Waals surface area contributed by atoms with Crippen LogP contribution in [0.15, 0.2) is 48.5 Å². The lowest BCUT2D eigenvalue weighted by Gasteiger charge is -2.19. The van der Waals surface area contributed by atoms with Crippen LogP contribution in [-0.2, 0) is 4.79 Å². The van der Waals surface area contributed by atoms with Crippen LogP contribution in [0.3, 0.4) is 0 Å². The average Bonchev–Trinajstić information content (AvgIpc) is 3.17. The summed E-state index contributed by atoms with van der Waals surface area (Å²) in [5, 5.41) is 3.06. The third-order valence-corrected chi connectivity index (χ3v) is 5.55. The summed E-state index contributed by atoms with van der Waals surface area (Å²) in [6, 6.07) is 15.4. The molecule has 1 aliphatic heterocycles. The molecule has 1 fully saturated rings. The highest BCUT2D eigenvalue weighted by atomic mass is 16.5. The first-order chi connectivity index (χ1) is 13.9. The van der Waals surface area contributed by atoms with Gasteiger partial charge in [-0.25, -0.2) is 0 Å². The highest BCUT2D eigenvalue weighted by Crippen LogP contribution is 2.34. The van der Waals surface area contributed by atoms with Crippen LogP contribution < -0.4 is 10.1 Å². The molecule has 1 saturated heterocycles. The molecule has 0 radical (unpaired) electrons. The Labute approximate surface area is 173 Å². The van der Waals surface area contributed by atoms with Gasteiger partial charge in [-0.05, 0) is 42.2 Å². The molecule has 3 rings (SSSR count). The normalized spacial score (nSPS) is 18.7. The van der Waals surface area contributed by atoms with E-state index < -0.39 is 0 Å². The maximum absolute atomic E-state index is 13.2. The van der Waals surface area contributed by atoms with E-state index in [4.69, 9.17) is 4.74 Å². The molecule has 154 valence electrons. The van der Waals surface area contributed by atoms with Crippen molar-refractivity contribution in [2.75, 3.05) is 26.7 Å². The number of rotatable bonds is 6. The SMILES string of the molecule is COc1ccc([C@@H]2CN(C(=O)c3ccccc3C)C[C@H]2C(=O)NCC(C)C)cc1. The van der Waals surface area contributed by atoms with Crippen molar-refractivity contribution >= 4 is 11.8 Å². The van der Waals surface area contributed by atoms with E-state index in [0.717, 1.165) is 16.9 Å². The van der Waals surface area contributed by atoms with E-state index >= 15 is 0 Å². The minimum absolute atomic E-state index is 0.0132. The maximum Gasteiger partial charge on any atom is 0.254 e. The number of amides is 2. The van der Waals surface area contributed by atoms with Gasteiger partial charge in [-0.1, -0.05) is 44.2 Å². The Hall–Kier alpha value is -2.82. The highest BCUT2D eigenvalue weighted by molar-refractivity contribution is 5.96. The summed E-state index contributed by atoms with van der Waals surface area (Å²) in [6.45, 7) is 7.67. The number of ether oxygens (including phenoxy) is 1. The number of methoxy groups -OCH3 is 1. The summed E-state index contributed by atoms with van der Waals surface area (Å²) in [5.41, 5.74) is 2.70. The third kappa shape index (κ3) is 4.78. The molecule has 2 aromatic carbocycles. The van der Waals surface area contributed by atoms with Gasteiger partial charge in [0.1, 0.15) is 5.75 Å². The summed E-state index contributed by atoms with van der Waals surface area (Å²) in [4.78, 5) is 27.9. The van der Waals surface area contributed by atoms with Crippen molar-refractivity contribution in [3.8, 4) is 5.75 Å². The summed E-state index contributed by atoms with van der Waals surface area (Å²) in [6.07, 6.45) is 0. The van der Waals surface area contributed by atoms with Crippen molar-refractivity contribution in [2.45, 2.75) is 26.7 Å². The first-order valence-corrected chi connectivity index (χ1v) is 10.2. The fraction of sp³-hybridized carbons (Fsp3) is 0.417. The molecule has 1 heterocycles. The molecule has 29 heavy (non-hydrogen) atoms. The standard InChI is InChI=1S/C24H30N2O3/c1-16(2)13-25-23(27)22-15-26(24(28)20-8-6-5-7-17(20)3)14-21(22)18-9-11-19(29-4)12-10-18/h5-12,16,21-22H,13-15H2,1-4H3,(H,25,27)/t21-,22+/m0/s1. The van der Waals surface area contributed by atoms with Gasteiger partial charge in [0.05, 0.1) is 13.0 Å². The number of aryl methyl sites for hydroxylation is 1. The molecular formula is C24H30N2O3. The first kappa shape index (κ1) is 20.9. The summed E-state index contributed by atoms with van der Waals surface area (Å²) < 4.78 is 5.26. The lowest BCUT2D eigenvalue weighted by Crippen LogP contribution is -2.37. The van der Waals surface area contributed by atoms with Gasteiger partial charge < -0.3 is 15.0 Å². The molecule has 0 unspecified atom stereocenters. The van der Waals surface area contributed by atoms with Crippen molar-refractivity contribution in [2.24, 2.45) is 11.8 Å². The van der Waals surface area contributed by atoms with E-state index in [1.807, 2.05) is 60.4 Å². The fourth-order valence-electron chi connectivity index (χ4n) is 3.84. The molecule has 0 bridgehead atoms. The molecule has 5 heteroatoms. The summed E-state index contributed by atoms with van der Waals surface area (Å²) in [7, 11) is 1.63. The molecule has 0 saturated carbocycles. The number of hydrogen-bond donors (Lipinski definition) is 1. The molecule has 1 aliphatic rings. The number of nitrogens with zero attached hydrogens (tertiary/aromatic N) is 1. The maximum atomic E-state index is 13.2. The first-order valence-electron chi connectivity index (χ1n) is 10.2. The highest BCUT2D eigenvalue weighted by Gasteiger charge is 2.40. The quantitative estimate of drug-likeness (QED) is 0.814. The van der Waals surface area contributed by atoms with Gasteiger partial charge in [0.2, 0.25) is 5.91 Å². The second kappa shape index (κ2) is 9.12. The molecule has 2 amide bonds. The monoisotopic (exact) mass is 394 g/mol. The number of likely N-dealkylation sites (tertiary alicyclic amines) is 1. The zero-order valence-corrected chi connectivity index (χ0v) is 17.6. The Morgan fingerprint density at radius 3 is 2.41 bits per heavy atom. The van der Waals surface area contributed by atoms with Crippen LogP contribution in [0.25, 0.3) is 0 Å². The van der Waals surface area contributed by atoms with Crippen LogP contribution >= 0.6 is 0 Å². The molecule has 2 aromatic rings. The fourth-order valence-corrected chi connectivity index (χ4v) is 3.84. The van der Waals surface area contributed by atoms with E-state index in [1.54, 1.807) is 7.11 Å². The predicted octanol–water partition coefficient (Wildman–Crippen LogP) is 3.63. The Morgan fingerprint density at radius 1 is 1.10 bits per heavy atom. The number of nitrogens with one attached hydrogen (secondary N) is 1. The number of carbonyl (C=O) groups is 2. The second-order valence-corrected chi connectivity index (χ2v) is 8.15. The van der Waals surface area contributed by atoms with Crippen LogP contribution in [0.2, 0.25) is 0 Å². The van der Waals surface area contributed by atoms with E-state index in [-0.39, 0.29) is 23.7 Å². The molecule has 0 aromatic heterocycles. The number of benzene rings is 2. The van der Waals surface area contributed by atoms with E-state index in [0.29, 0.717) is 31.1 Å². The van der Waals surface area contributed by atoms with Gasteiger partial charge in [-0.15, -0.1) is 0 Å². The van der Waals surface area contributed by atoms with Gasteiger partial charge >= 0.3 is 0 Å². The summed E-state index contributed by atoms with van der Waals surface area (Å²) >= 11 is 0. The Balaban J connectivity index is 1.85. The van der Waals surface area contributed by atoms with Crippen molar-refractivity contribution in [1.82, 2.24) is 10.2 Å². The van der Waals surface area contributed by atoms with Crippen molar-refractivity contribution < 1.29 is 14.3 Å². The van der Waals surface area contributed by atoms with E-state index in [2.05, 4.69) is 19.2 Å². The lowest BCUT2D eigenvalue weighted by atomic mass is 9.88. The second-order valence-electron chi connectivity index (χ2n) is 8.15. The topological polar surface area (TPSA) is 58.6 Å². The third-order valence-electron chi connectivity index (χ3n) is 5.55. The Kier molecular flexibility index (Phi) is 6.57. The number of hydrogen-bond acceptors (Lipinski definition) is 3. The van der Waals surface area contributed by atoms with Crippen LogP contribution in [0.4, 0.5) is 0 Å². The van der Waals surface area contributed by atoms with Gasteiger partial charge in [-0.3, -0.25) is 9.59 Å². The van der Waals surface area contributed by atoms with Crippen LogP contribution in [0.1, 0.15) is 41.3 Å². The van der Waals surface area contributed by atoms with Crippen molar-refractivity contribution in [3.05, 3.63) is 65.2 Å². The van der Waals surface area contributed by atoms with Gasteiger partial charge in [0.25, 0.3) is 5.91 Å². The van der Waals surface area contributed by atoms with Gasteiger partial charge in [0.15, 0.2) is 0 Å². The van der Waals surface area contributed by atoms with Gasteiger partial charge in [0, 0.05) is 31.1 Å². The molecule has 0 aliphatic carbocycles. The molecule has 2 atom stereocenters. The largest absolute Gasteiger partial charge is 0.497 e. The van der Waals surface area contributed by atoms with Crippen LogP contribution in [-0.4, -0.2) is 43.5 Å². The summed E-state index contributed by atoms with van der Waals surface area (Å²) in [5.74, 6) is 0.849. The Bertz CT molecular complexity index is 861. The minimum Gasteiger partial charge on any atom is -0.497 e. The average molecular weight is 395 g/mol. The van der Waals surface area contributed by atoms with Crippen molar-refractivity contribution in [1.29, 1.82) is 0 Å². The molecule has 5 nitrogen and oxygen atoms in total. The predicted molar refractivity (Wildman–Crippen MR) is 114 cm³/mol. The lowest BCUT2D eigenvalue weighted by molar-refractivity contribution is -0.125. The van der Waals surface area contributed by atoms with Gasteiger partial charge in [-0.2, -0.15) is 0 Å². The number of carbonyl (C=O) groups excluding carboxylic acids is 2. The molecule has 1 N–H and O–H groups in total. The zero-order chi connectivity index (χ0) is 21.0. The Morgan fingerprint density at radius 2 is 1.79 bits per heavy atom. The van der Waals surface area contributed by atoms with E-state index in [1.165, 1.54) is 0 Å². The van der Waals surface area contributed by atoms with Crippen molar-refractivity contribution in [3.63, 3.8) is 0 Å². The smallest absolute Gasteiger partial charge is 0.254 e. The van der Waals surface area contributed by atoms with Crippen LogP contribution in [0, 0.1) is 18.8 Å². The van der Waals surface area contributed by atoms with Crippen LogP contribution in [0.5, 0.6) is 5.75 Å². The molecule has 0 spiro atoms.